The van der Waals surface area contributed by atoms with Crippen molar-refractivity contribution in [3.8, 4) is 0 Å². The number of carbonyl (C=O) groups excluding carboxylic acids is 1. The van der Waals surface area contributed by atoms with Gasteiger partial charge >= 0.3 is 12.1 Å². The van der Waals surface area contributed by atoms with Crippen LogP contribution in [0.2, 0.25) is 0 Å². The number of benzene rings is 1. The highest BCUT2D eigenvalue weighted by Crippen LogP contribution is 2.25. The van der Waals surface area contributed by atoms with Crippen molar-refractivity contribution in [3.05, 3.63) is 29.3 Å². The Morgan fingerprint density at radius 3 is 2.72 bits per heavy atom. The van der Waals surface area contributed by atoms with Crippen LogP contribution in [-0.2, 0) is 9.53 Å². The Morgan fingerprint density at radius 1 is 1.44 bits per heavy atom. The molecule has 1 atom stereocenters. The molecule has 0 spiro atoms. The van der Waals surface area contributed by atoms with Gasteiger partial charge in [-0.15, -0.1) is 0 Å². The van der Waals surface area contributed by atoms with Crippen molar-refractivity contribution in [2.75, 3.05) is 11.4 Å². The first-order chi connectivity index (χ1) is 8.49. The molecule has 0 saturated carbocycles. The molecule has 18 heavy (non-hydrogen) atoms. The zero-order valence-corrected chi connectivity index (χ0v) is 10.3. The van der Waals surface area contributed by atoms with Crippen molar-refractivity contribution in [2.45, 2.75) is 26.4 Å². The number of carboxylic acids is 1. The highest BCUT2D eigenvalue weighted by Gasteiger charge is 2.32. The van der Waals surface area contributed by atoms with Crippen LogP contribution in [0.5, 0.6) is 0 Å². The van der Waals surface area contributed by atoms with Crippen LogP contribution in [0.15, 0.2) is 18.2 Å². The van der Waals surface area contributed by atoms with Crippen LogP contribution in [0.1, 0.15) is 17.5 Å². The number of aliphatic carboxylic acids is 1. The van der Waals surface area contributed by atoms with Crippen LogP contribution in [0.3, 0.4) is 0 Å². The minimum atomic E-state index is -1.09. The molecule has 1 fully saturated rings. The van der Waals surface area contributed by atoms with Crippen LogP contribution in [0, 0.1) is 13.8 Å². The molecule has 1 aromatic rings. The lowest BCUT2D eigenvalue weighted by Gasteiger charge is -2.30. The monoisotopic (exact) mass is 249 g/mol. The van der Waals surface area contributed by atoms with E-state index in [9.17, 15) is 9.59 Å². The normalized spacial score (nSPS) is 19.6. The zero-order chi connectivity index (χ0) is 13.3. The largest absolute Gasteiger partial charge is 0.479 e. The van der Waals surface area contributed by atoms with Crippen molar-refractivity contribution in [1.29, 1.82) is 0 Å². The van der Waals surface area contributed by atoms with Gasteiger partial charge in [-0.1, -0.05) is 17.7 Å². The van der Waals surface area contributed by atoms with Crippen LogP contribution < -0.4 is 4.90 Å². The zero-order valence-electron chi connectivity index (χ0n) is 10.3. The highest BCUT2D eigenvalue weighted by molar-refractivity contribution is 5.91. The molecule has 5 nitrogen and oxygen atoms in total. The molecule has 2 rings (SSSR count). The first kappa shape index (κ1) is 12.4. The summed E-state index contributed by atoms with van der Waals surface area (Å²) in [6, 6.07) is 5.75. The van der Waals surface area contributed by atoms with E-state index in [2.05, 4.69) is 0 Å². The van der Waals surface area contributed by atoms with Crippen LogP contribution >= 0.6 is 0 Å². The molecule has 1 N–H and O–H groups in total. The molecule has 0 aromatic heterocycles. The van der Waals surface area contributed by atoms with Crippen molar-refractivity contribution < 1.29 is 19.4 Å². The van der Waals surface area contributed by atoms with Gasteiger partial charge in [0.2, 0.25) is 6.10 Å². The average Bonchev–Trinajstić information content (AvgIpc) is 2.30. The number of hydrogen-bond acceptors (Lipinski definition) is 3. The number of hydrogen-bond donors (Lipinski definition) is 1. The second-order valence-corrected chi connectivity index (χ2v) is 4.44. The predicted molar refractivity (Wildman–Crippen MR) is 65.8 cm³/mol. The van der Waals surface area contributed by atoms with Gasteiger partial charge in [0.1, 0.15) is 0 Å². The number of nitrogens with zero attached hydrogens (tertiary/aromatic N) is 1. The van der Waals surface area contributed by atoms with E-state index in [4.69, 9.17) is 9.84 Å². The summed E-state index contributed by atoms with van der Waals surface area (Å²) in [6.45, 7) is 4.25. The molecule has 1 unspecified atom stereocenters. The fourth-order valence-corrected chi connectivity index (χ4v) is 2.08. The van der Waals surface area contributed by atoms with Gasteiger partial charge in [-0.05, 0) is 25.5 Å². The molecule has 1 aliphatic heterocycles. The SMILES string of the molecule is Cc1ccc(N2CCC(C(=O)O)OC2=O)c(C)c1. The fraction of sp³-hybridized carbons (Fsp3) is 0.385. The second-order valence-electron chi connectivity index (χ2n) is 4.44. The lowest BCUT2D eigenvalue weighted by atomic mass is 10.1. The molecule has 5 heteroatoms. The quantitative estimate of drug-likeness (QED) is 0.871. The summed E-state index contributed by atoms with van der Waals surface area (Å²) in [4.78, 5) is 24.0. The van der Waals surface area contributed by atoms with Gasteiger partial charge in [-0.2, -0.15) is 0 Å². The van der Waals surface area contributed by atoms with E-state index in [1.165, 1.54) is 4.90 Å². The van der Waals surface area contributed by atoms with E-state index < -0.39 is 18.2 Å². The third-order valence-corrected chi connectivity index (χ3v) is 3.00. The van der Waals surface area contributed by atoms with Gasteiger partial charge in [-0.3, -0.25) is 4.90 Å². The standard InChI is InChI=1S/C13H15NO4/c1-8-3-4-10(9(2)7-8)14-6-5-11(12(15)16)18-13(14)17/h3-4,7,11H,5-6H2,1-2H3,(H,15,16). The van der Waals surface area contributed by atoms with Crippen molar-refractivity contribution in [3.63, 3.8) is 0 Å². The lowest BCUT2D eigenvalue weighted by Crippen LogP contribution is -2.45. The number of anilines is 1. The molecule has 1 aromatic carbocycles. The minimum Gasteiger partial charge on any atom is -0.479 e. The second kappa shape index (κ2) is 4.68. The van der Waals surface area contributed by atoms with Crippen LogP contribution in [0.25, 0.3) is 0 Å². The Morgan fingerprint density at radius 2 is 2.17 bits per heavy atom. The molecule has 1 amide bonds. The van der Waals surface area contributed by atoms with Crippen LogP contribution in [0.4, 0.5) is 10.5 Å². The summed E-state index contributed by atoms with van der Waals surface area (Å²) < 4.78 is 4.89. The molecule has 96 valence electrons. The molecule has 1 aliphatic rings. The molecule has 0 radical (unpaired) electrons. The predicted octanol–water partition coefficient (Wildman–Crippen LogP) is 2.10. The summed E-state index contributed by atoms with van der Waals surface area (Å²) in [5.41, 5.74) is 2.86. The lowest BCUT2D eigenvalue weighted by molar-refractivity contribution is -0.147. The number of cyclic esters (lactones) is 1. The number of ether oxygens (including phenoxy) is 1. The third-order valence-electron chi connectivity index (χ3n) is 3.00. The summed E-state index contributed by atoms with van der Waals surface area (Å²) in [5.74, 6) is -1.09. The summed E-state index contributed by atoms with van der Waals surface area (Å²) in [7, 11) is 0. The van der Waals surface area contributed by atoms with E-state index in [1.54, 1.807) is 0 Å². The molecule has 1 saturated heterocycles. The maximum atomic E-state index is 11.8. The molecular formula is C13H15NO4. The van der Waals surface area contributed by atoms with Gasteiger partial charge in [0.05, 0.1) is 0 Å². The number of amides is 1. The van der Waals surface area contributed by atoms with Gasteiger partial charge < -0.3 is 9.84 Å². The van der Waals surface area contributed by atoms with Gasteiger partial charge in [-0.25, -0.2) is 9.59 Å². The van der Waals surface area contributed by atoms with Gasteiger partial charge in [0, 0.05) is 18.7 Å². The Balaban J connectivity index is 2.20. The topological polar surface area (TPSA) is 66.8 Å². The maximum absolute atomic E-state index is 11.8. The molecule has 0 bridgehead atoms. The third kappa shape index (κ3) is 2.30. The van der Waals surface area contributed by atoms with Gasteiger partial charge in [0.25, 0.3) is 0 Å². The Hall–Kier alpha value is -2.04. The number of carbonyl (C=O) groups is 2. The number of carboxylic acid groups (broad SMARTS) is 1. The van der Waals surface area contributed by atoms with Crippen molar-refractivity contribution in [2.24, 2.45) is 0 Å². The maximum Gasteiger partial charge on any atom is 0.415 e. The number of aryl methyl sites for hydroxylation is 2. The summed E-state index contributed by atoms with van der Waals surface area (Å²) in [6.07, 6.45) is -1.32. The summed E-state index contributed by atoms with van der Waals surface area (Å²) in [5, 5.41) is 8.81. The van der Waals surface area contributed by atoms with E-state index in [0.717, 1.165) is 16.8 Å². The van der Waals surface area contributed by atoms with E-state index in [0.29, 0.717) is 13.0 Å². The molecule has 1 heterocycles. The van der Waals surface area contributed by atoms with Gasteiger partial charge in [0.15, 0.2) is 0 Å². The smallest absolute Gasteiger partial charge is 0.415 e. The Kier molecular flexibility index (Phi) is 3.23. The first-order valence-corrected chi connectivity index (χ1v) is 5.77. The van der Waals surface area contributed by atoms with E-state index in [-0.39, 0.29) is 0 Å². The first-order valence-electron chi connectivity index (χ1n) is 5.77. The molecule has 0 aliphatic carbocycles. The highest BCUT2D eigenvalue weighted by atomic mass is 16.6. The van der Waals surface area contributed by atoms with E-state index >= 15 is 0 Å². The fourth-order valence-electron chi connectivity index (χ4n) is 2.08. The average molecular weight is 249 g/mol. The van der Waals surface area contributed by atoms with E-state index in [1.807, 2.05) is 32.0 Å². The summed E-state index contributed by atoms with van der Waals surface area (Å²) >= 11 is 0. The molecular weight excluding hydrogens is 234 g/mol. The Bertz CT molecular complexity index is 498. The van der Waals surface area contributed by atoms with Crippen molar-refractivity contribution in [1.82, 2.24) is 0 Å². The number of rotatable bonds is 2. The Labute approximate surface area is 105 Å². The van der Waals surface area contributed by atoms with Crippen molar-refractivity contribution >= 4 is 17.7 Å². The van der Waals surface area contributed by atoms with Crippen LogP contribution in [-0.4, -0.2) is 29.8 Å². The minimum absolute atomic E-state index is 0.300.